The molecule has 3 aromatic rings. The molecule has 0 aliphatic rings. The molecule has 8 heteroatoms. The lowest BCUT2D eigenvalue weighted by atomic mass is 10.2. The number of aromatic amines is 1. The molecule has 7 nitrogen and oxygen atoms in total. The number of H-pyrrole nitrogens is 1. The molecule has 0 atom stereocenters. The van der Waals surface area contributed by atoms with E-state index in [1.807, 2.05) is 0 Å². The summed E-state index contributed by atoms with van der Waals surface area (Å²) in [7, 11) is 0. The van der Waals surface area contributed by atoms with Crippen LogP contribution in [0.3, 0.4) is 0 Å². The topological polar surface area (TPSA) is 97.8 Å². The van der Waals surface area contributed by atoms with Crippen molar-refractivity contribution in [1.29, 1.82) is 0 Å². The van der Waals surface area contributed by atoms with E-state index in [0.717, 1.165) is 0 Å². The quantitative estimate of drug-likeness (QED) is 0.738. The van der Waals surface area contributed by atoms with Crippen LogP contribution < -0.4 is 5.56 Å². The molecule has 0 aliphatic heterocycles. The molecule has 3 aromatic heterocycles. The minimum absolute atomic E-state index is 0.0955. The summed E-state index contributed by atoms with van der Waals surface area (Å²) >= 11 is 1.27. The summed E-state index contributed by atoms with van der Waals surface area (Å²) in [6.45, 7) is 1.90. The van der Waals surface area contributed by atoms with Crippen LogP contribution in [0.15, 0.2) is 28.8 Å². The smallest absolute Gasteiger partial charge is 0.374 e. The van der Waals surface area contributed by atoms with Gasteiger partial charge >= 0.3 is 5.97 Å². The first-order valence-electron chi connectivity index (χ1n) is 6.15. The van der Waals surface area contributed by atoms with Crippen LogP contribution in [-0.2, 0) is 4.74 Å². The van der Waals surface area contributed by atoms with E-state index in [1.165, 1.54) is 11.3 Å². The lowest BCUT2D eigenvalue weighted by molar-refractivity contribution is 0.0512. The van der Waals surface area contributed by atoms with E-state index in [-0.39, 0.29) is 12.4 Å². The molecule has 3 heterocycles. The van der Waals surface area contributed by atoms with Crippen LogP contribution in [0, 0.1) is 0 Å². The summed E-state index contributed by atoms with van der Waals surface area (Å²) in [5.41, 5.74) is 0.831. The van der Waals surface area contributed by atoms with Crippen molar-refractivity contribution in [2.75, 3.05) is 6.61 Å². The van der Waals surface area contributed by atoms with E-state index >= 15 is 0 Å². The second-order valence-electron chi connectivity index (χ2n) is 4.06. The average molecular weight is 302 g/mol. The van der Waals surface area contributed by atoms with E-state index in [0.29, 0.717) is 21.5 Å². The first-order chi connectivity index (χ1) is 10.2. The fourth-order valence-electron chi connectivity index (χ4n) is 1.87. The van der Waals surface area contributed by atoms with Gasteiger partial charge < -0.3 is 9.72 Å². The van der Waals surface area contributed by atoms with Gasteiger partial charge in [-0.2, -0.15) is 0 Å². The largest absolute Gasteiger partial charge is 0.460 e. The number of ether oxygens (including phenoxy) is 1. The molecule has 0 bridgehead atoms. The number of nitrogens with zero attached hydrogens (tertiary/aromatic N) is 3. The Morgan fingerprint density at radius 1 is 1.43 bits per heavy atom. The zero-order valence-corrected chi connectivity index (χ0v) is 11.8. The molecule has 0 saturated carbocycles. The highest BCUT2D eigenvalue weighted by atomic mass is 32.1. The Morgan fingerprint density at radius 2 is 2.29 bits per heavy atom. The highest BCUT2D eigenvalue weighted by Gasteiger charge is 2.17. The zero-order valence-electron chi connectivity index (χ0n) is 11.0. The van der Waals surface area contributed by atoms with Crippen molar-refractivity contribution in [2.24, 2.45) is 0 Å². The van der Waals surface area contributed by atoms with Crippen molar-refractivity contribution >= 4 is 27.5 Å². The molecule has 0 aliphatic carbocycles. The highest BCUT2D eigenvalue weighted by Crippen LogP contribution is 2.28. The molecule has 21 heavy (non-hydrogen) atoms. The van der Waals surface area contributed by atoms with Gasteiger partial charge in [0.1, 0.15) is 4.83 Å². The van der Waals surface area contributed by atoms with Crippen LogP contribution >= 0.6 is 11.3 Å². The number of carbonyl (C=O) groups excluding carboxylic acids is 1. The van der Waals surface area contributed by atoms with Crippen LogP contribution in [0.25, 0.3) is 21.5 Å². The van der Waals surface area contributed by atoms with Gasteiger partial charge in [-0.25, -0.2) is 9.78 Å². The third-order valence-corrected chi connectivity index (χ3v) is 3.62. The maximum atomic E-state index is 12.2. The van der Waals surface area contributed by atoms with Gasteiger partial charge in [0, 0.05) is 23.3 Å². The fraction of sp³-hybridized carbons (Fsp3) is 0.154. The van der Waals surface area contributed by atoms with Crippen LogP contribution in [0.1, 0.15) is 17.5 Å². The molecule has 0 unspecified atom stereocenters. The Labute approximate surface area is 122 Å². The fourth-order valence-corrected chi connectivity index (χ4v) is 2.80. The zero-order chi connectivity index (χ0) is 14.8. The third kappa shape index (κ3) is 2.40. The number of nitrogens with one attached hydrogen (secondary N) is 1. The van der Waals surface area contributed by atoms with Gasteiger partial charge in [-0.05, 0) is 6.92 Å². The Bertz CT molecular complexity index is 857. The molecule has 0 spiro atoms. The molecular weight excluding hydrogens is 292 g/mol. The highest BCUT2D eigenvalue weighted by molar-refractivity contribution is 7.17. The van der Waals surface area contributed by atoms with Gasteiger partial charge in [-0.15, -0.1) is 11.3 Å². The molecule has 106 valence electrons. The van der Waals surface area contributed by atoms with Gasteiger partial charge in [0.05, 0.1) is 23.9 Å². The van der Waals surface area contributed by atoms with Crippen LogP contribution in [0.4, 0.5) is 0 Å². The summed E-state index contributed by atoms with van der Waals surface area (Å²) in [5.74, 6) is -0.743. The van der Waals surface area contributed by atoms with E-state index in [4.69, 9.17) is 4.74 Å². The Morgan fingerprint density at radius 3 is 3.00 bits per heavy atom. The van der Waals surface area contributed by atoms with E-state index < -0.39 is 11.5 Å². The van der Waals surface area contributed by atoms with Crippen LogP contribution in [-0.4, -0.2) is 32.5 Å². The predicted molar refractivity (Wildman–Crippen MR) is 77.2 cm³/mol. The summed E-state index contributed by atoms with van der Waals surface area (Å²) < 4.78 is 4.83. The minimum Gasteiger partial charge on any atom is -0.460 e. The predicted octanol–water partition coefficient (Wildman–Crippen LogP) is 1.62. The Balaban J connectivity index is 2.16. The lowest BCUT2D eigenvalue weighted by Gasteiger charge is -2.01. The monoisotopic (exact) mass is 302 g/mol. The normalized spacial score (nSPS) is 10.7. The first-order valence-corrected chi connectivity index (χ1v) is 7.03. The molecule has 0 fully saturated rings. The molecular formula is C13H10N4O3S. The van der Waals surface area contributed by atoms with Crippen molar-refractivity contribution < 1.29 is 9.53 Å². The summed E-state index contributed by atoms with van der Waals surface area (Å²) in [6, 6.07) is 0. The van der Waals surface area contributed by atoms with E-state index in [9.17, 15) is 9.59 Å². The van der Waals surface area contributed by atoms with Crippen molar-refractivity contribution in [3.8, 4) is 11.3 Å². The molecule has 0 amide bonds. The molecule has 0 saturated heterocycles. The van der Waals surface area contributed by atoms with Crippen molar-refractivity contribution in [1.82, 2.24) is 19.9 Å². The standard InChI is InChI=1S/C13H10N4O3S/c1-2-20-13(19)10-16-11(18)9-7(6-21-12(9)17-10)8-5-14-3-4-15-8/h3-6H,2H2,1H3,(H,16,17,18). The SMILES string of the molecule is CCOC(=O)c1nc2scc(-c3cnccn3)c2c(=O)[nH]1. The van der Waals surface area contributed by atoms with Crippen molar-refractivity contribution in [3.63, 3.8) is 0 Å². The number of esters is 1. The van der Waals surface area contributed by atoms with Gasteiger partial charge in [-0.3, -0.25) is 14.8 Å². The maximum Gasteiger partial charge on any atom is 0.374 e. The number of hydrogen-bond donors (Lipinski definition) is 1. The number of fused-ring (bicyclic) bond motifs is 1. The van der Waals surface area contributed by atoms with Crippen molar-refractivity contribution in [3.05, 3.63) is 40.1 Å². The van der Waals surface area contributed by atoms with Gasteiger partial charge in [0.25, 0.3) is 5.56 Å². The second-order valence-corrected chi connectivity index (χ2v) is 4.91. The first kappa shape index (κ1) is 13.4. The maximum absolute atomic E-state index is 12.2. The Hall–Kier alpha value is -2.61. The summed E-state index contributed by atoms with van der Waals surface area (Å²) in [5, 5.41) is 2.17. The van der Waals surface area contributed by atoms with E-state index in [1.54, 1.807) is 30.9 Å². The number of aromatic nitrogens is 4. The molecule has 1 N–H and O–H groups in total. The molecule has 0 aromatic carbocycles. The number of carbonyl (C=O) groups is 1. The minimum atomic E-state index is -0.647. The summed E-state index contributed by atoms with van der Waals surface area (Å²) in [6.07, 6.45) is 4.67. The van der Waals surface area contributed by atoms with Gasteiger partial charge in [0.2, 0.25) is 5.82 Å². The average Bonchev–Trinajstić information content (AvgIpc) is 2.93. The van der Waals surface area contributed by atoms with Crippen LogP contribution in [0.5, 0.6) is 0 Å². The van der Waals surface area contributed by atoms with E-state index in [2.05, 4.69) is 19.9 Å². The second kappa shape index (κ2) is 5.41. The molecule has 0 radical (unpaired) electrons. The van der Waals surface area contributed by atoms with Gasteiger partial charge in [0.15, 0.2) is 0 Å². The summed E-state index contributed by atoms with van der Waals surface area (Å²) in [4.78, 5) is 39.1. The lowest BCUT2D eigenvalue weighted by Crippen LogP contribution is -2.17. The molecule has 3 rings (SSSR count). The number of thiophene rings is 1. The third-order valence-electron chi connectivity index (χ3n) is 2.75. The van der Waals surface area contributed by atoms with Gasteiger partial charge in [-0.1, -0.05) is 0 Å². The number of rotatable bonds is 3. The number of hydrogen-bond acceptors (Lipinski definition) is 7. The Kier molecular flexibility index (Phi) is 3.44. The van der Waals surface area contributed by atoms with Crippen LogP contribution in [0.2, 0.25) is 0 Å². The van der Waals surface area contributed by atoms with Crippen molar-refractivity contribution in [2.45, 2.75) is 6.92 Å².